The molecule has 1 saturated heterocycles. The van der Waals surface area contributed by atoms with Crippen LogP contribution in [-0.2, 0) is 24.7 Å². The van der Waals surface area contributed by atoms with Crippen molar-refractivity contribution in [3.8, 4) is 0 Å². The van der Waals surface area contributed by atoms with E-state index in [1.807, 2.05) is 0 Å². The van der Waals surface area contributed by atoms with E-state index < -0.39 is 0 Å². The van der Waals surface area contributed by atoms with Crippen LogP contribution in [-0.4, -0.2) is 39.5 Å². The van der Waals surface area contributed by atoms with Gasteiger partial charge in [0, 0.05) is 18.8 Å². The van der Waals surface area contributed by atoms with Gasteiger partial charge in [0.1, 0.15) is 5.82 Å². The van der Waals surface area contributed by atoms with Crippen molar-refractivity contribution in [2.45, 2.75) is 63.5 Å². The lowest BCUT2D eigenvalue weighted by atomic mass is 10.0. The van der Waals surface area contributed by atoms with Crippen molar-refractivity contribution < 1.29 is 4.79 Å². The molecule has 1 aromatic rings. The quantitative estimate of drug-likeness (QED) is 0.921. The topological polar surface area (TPSA) is 50.2 Å². The van der Waals surface area contributed by atoms with Crippen LogP contribution in [0.5, 0.6) is 0 Å². The van der Waals surface area contributed by atoms with Crippen molar-refractivity contribution in [3.05, 3.63) is 17.2 Å². The molecule has 1 amide bonds. The molecule has 0 aromatic carbocycles. The minimum Gasteiger partial charge on any atom is -0.352 e. The Kier molecular flexibility index (Phi) is 3.68. The molecular formula is C17H26N4O. The van der Waals surface area contributed by atoms with Gasteiger partial charge in [-0.05, 0) is 57.9 Å². The molecule has 1 saturated carbocycles. The molecule has 2 heterocycles. The van der Waals surface area contributed by atoms with E-state index in [4.69, 9.17) is 4.98 Å². The van der Waals surface area contributed by atoms with E-state index in [-0.39, 0.29) is 5.91 Å². The fourth-order valence-electron chi connectivity index (χ4n) is 4.00. The lowest BCUT2D eigenvalue weighted by molar-refractivity contribution is -0.122. The normalized spacial score (nSPS) is 25.2. The Labute approximate surface area is 132 Å². The van der Waals surface area contributed by atoms with E-state index >= 15 is 0 Å². The van der Waals surface area contributed by atoms with E-state index in [1.54, 1.807) is 0 Å². The Hall–Kier alpha value is -1.36. The number of hydrogen-bond donors (Lipinski definition) is 1. The highest BCUT2D eigenvalue weighted by atomic mass is 16.2. The van der Waals surface area contributed by atoms with Crippen molar-refractivity contribution in [3.63, 3.8) is 0 Å². The number of nitrogens with zero attached hydrogens (tertiary/aromatic N) is 3. The molecule has 1 unspecified atom stereocenters. The molecule has 0 radical (unpaired) electrons. The van der Waals surface area contributed by atoms with Crippen LogP contribution in [0.15, 0.2) is 0 Å². The van der Waals surface area contributed by atoms with Gasteiger partial charge < -0.3 is 9.88 Å². The van der Waals surface area contributed by atoms with Gasteiger partial charge in [0.2, 0.25) is 5.91 Å². The van der Waals surface area contributed by atoms with Crippen molar-refractivity contribution in [2.75, 3.05) is 13.1 Å². The molecule has 3 aliphatic rings. The second-order valence-electron chi connectivity index (χ2n) is 7.10. The van der Waals surface area contributed by atoms with Crippen LogP contribution in [0.2, 0.25) is 0 Å². The van der Waals surface area contributed by atoms with Gasteiger partial charge in [-0.2, -0.15) is 0 Å². The molecule has 2 fully saturated rings. The summed E-state index contributed by atoms with van der Waals surface area (Å²) in [7, 11) is 2.16. The first-order chi connectivity index (χ1) is 10.7. The first-order valence-corrected chi connectivity index (χ1v) is 8.80. The Bertz CT molecular complexity index is 575. The van der Waals surface area contributed by atoms with Gasteiger partial charge in [0.05, 0.1) is 18.3 Å². The fourth-order valence-corrected chi connectivity index (χ4v) is 4.00. The number of likely N-dealkylation sites (tertiary alicyclic amines) is 1. The van der Waals surface area contributed by atoms with E-state index in [1.165, 1.54) is 36.5 Å². The number of nitrogens with one attached hydrogen (secondary N) is 1. The highest BCUT2D eigenvalue weighted by molar-refractivity contribution is 5.78. The predicted octanol–water partition coefficient (Wildman–Crippen LogP) is 1.71. The van der Waals surface area contributed by atoms with Crippen molar-refractivity contribution in [2.24, 2.45) is 7.05 Å². The number of fused-ring (bicyclic) bond motifs is 1. The summed E-state index contributed by atoms with van der Waals surface area (Å²) in [6, 6.07) is 0.773. The number of amides is 1. The first kappa shape index (κ1) is 14.2. The Morgan fingerprint density at radius 1 is 1.23 bits per heavy atom. The van der Waals surface area contributed by atoms with Crippen LogP contribution in [0.1, 0.15) is 61.8 Å². The fraction of sp³-hybridized carbons (Fsp3) is 0.765. The number of carbonyl (C=O) groups excluding carboxylic acids is 1. The predicted molar refractivity (Wildman–Crippen MR) is 84.6 cm³/mol. The first-order valence-electron chi connectivity index (χ1n) is 8.80. The molecule has 5 nitrogen and oxygen atoms in total. The summed E-state index contributed by atoms with van der Waals surface area (Å²) in [6.45, 7) is 1.54. The van der Waals surface area contributed by atoms with Gasteiger partial charge in [0.15, 0.2) is 0 Å². The minimum atomic E-state index is 0.188. The van der Waals surface area contributed by atoms with Crippen LogP contribution in [0.3, 0.4) is 0 Å². The molecule has 4 rings (SSSR count). The summed E-state index contributed by atoms with van der Waals surface area (Å²) < 4.78 is 2.32. The summed E-state index contributed by atoms with van der Waals surface area (Å²) in [5.74, 6) is 1.37. The summed E-state index contributed by atoms with van der Waals surface area (Å²) >= 11 is 0. The third-order valence-electron chi connectivity index (χ3n) is 5.36. The SMILES string of the molecule is Cn1c(C2CCCN2CC(=O)NC2CC2)nc2c1CCCC2. The molecule has 0 spiro atoms. The van der Waals surface area contributed by atoms with Crippen LogP contribution in [0.25, 0.3) is 0 Å². The molecular weight excluding hydrogens is 276 g/mol. The standard InChI is InChI=1S/C17H26N4O/c1-20-14-6-3-2-5-13(14)19-17(20)15-7-4-10-21(15)11-16(22)18-12-8-9-12/h12,15H,2-11H2,1H3,(H,18,22). The average molecular weight is 302 g/mol. The molecule has 120 valence electrons. The molecule has 0 bridgehead atoms. The molecule has 1 N–H and O–H groups in total. The van der Waals surface area contributed by atoms with Crippen molar-refractivity contribution in [1.82, 2.24) is 19.8 Å². The largest absolute Gasteiger partial charge is 0.352 e. The van der Waals surface area contributed by atoms with Gasteiger partial charge in [-0.1, -0.05) is 0 Å². The van der Waals surface area contributed by atoms with E-state index in [0.29, 0.717) is 18.6 Å². The van der Waals surface area contributed by atoms with Gasteiger partial charge in [0.25, 0.3) is 0 Å². The van der Waals surface area contributed by atoms with Gasteiger partial charge in [-0.3, -0.25) is 9.69 Å². The molecule has 22 heavy (non-hydrogen) atoms. The summed E-state index contributed by atoms with van der Waals surface area (Å²) in [5.41, 5.74) is 2.73. The van der Waals surface area contributed by atoms with E-state index in [2.05, 4.69) is 21.8 Å². The lowest BCUT2D eigenvalue weighted by Gasteiger charge is -2.23. The maximum absolute atomic E-state index is 12.1. The van der Waals surface area contributed by atoms with Gasteiger partial charge in [-0.25, -0.2) is 4.98 Å². The number of aromatic nitrogens is 2. The smallest absolute Gasteiger partial charge is 0.234 e. The summed E-state index contributed by atoms with van der Waals surface area (Å²) in [4.78, 5) is 19.4. The molecule has 1 aromatic heterocycles. The average Bonchev–Trinajstić information content (AvgIpc) is 3.10. The van der Waals surface area contributed by atoms with Crippen LogP contribution in [0, 0.1) is 0 Å². The van der Waals surface area contributed by atoms with Crippen LogP contribution < -0.4 is 5.32 Å². The Morgan fingerprint density at radius 3 is 2.82 bits per heavy atom. The van der Waals surface area contributed by atoms with Crippen molar-refractivity contribution in [1.29, 1.82) is 0 Å². The molecule has 5 heteroatoms. The zero-order valence-electron chi connectivity index (χ0n) is 13.5. The molecule has 1 atom stereocenters. The monoisotopic (exact) mass is 302 g/mol. The number of aryl methyl sites for hydroxylation is 1. The number of carbonyl (C=O) groups is 1. The molecule has 2 aliphatic carbocycles. The van der Waals surface area contributed by atoms with Crippen LogP contribution >= 0.6 is 0 Å². The third kappa shape index (κ3) is 2.67. The number of rotatable bonds is 4. The highest BCUT2D eigenvalue weighted by Crippen LogP contribution is 2.33. The van der Waals surface area contributed by atoms with Crippen molar-refractivity contribution >= 4 is 5.91 Å². The minimum absolute atomic E-state index is 0.188. The maximum atomic E-state index is 12.1. The molecule has 1 aliphatic heterocycles. The number of imidazole rings is 1. The van der Waals surface area contributed by atoms with E-state index in [9.17, 15) is 4.79 Å². The summed E-state index contributed by atoms with van der Waals surface area (Å²) in [6.07, 6.45) is 9.43. The highest BCUT2D eigenvalue weighted by Gasteiger charge is 2.33. The van der Waals surface area contributed by atoms with Gasteiger partial charge in [-0.15, -0.1) is 0 Å². The third-order valence-corrected chi connectivity index (χ3v) is 5.36. The van der Waals surface area contributed by atoms with Crippen LogP contribution in [0.4, 0.5) is 0 Å². The zero-order valence-corrected chi connectivity index (χ0v) is 13.5. The Morgan fingerprint density at radius 2 is 2.05 bits per heavy atom. The number of hydrogen-bond acceptors (Lipinski definition) is 3. The Balaban J connectivity index is 1.50. The van der Waals surface area contributed by atoms with Gasteiger partial charge >= 0.3 is 0 Å². The second-order valence-corrected chi connectivity index (χ2v) is 7.10. The summed E-state index contributed by atoms with van der Waals surface area (Å²) in [5, 5.41) is 3.11. The lowest BCUT2D eigenvalue weighted by Crippen LogP contribution is -2.38. The van der Waals surface area contributed by atoms with E-state index in [0.717, 1.165) is 38.6 Å². The maximum Gasteiger partial charge on any atom is 0.234 e. The zero-order chi connectivity index (χ0) is 15.1. The second kappa shape index (κ2) is 5.69.